The van der Waals surface area contributed by atoms with Crippen molar-refractivity contribution in [3.8, 4) is 0 Å². The summed E-state index contributed by atoms with van der Waals surface area (Å²) >= 11 is 0. The van der Waals surface area contributed by atoms with Gasteiger partial charge in [0.2, 0.25) is 5.91 Å². The molecular weight excluding hydrogens is 300 g/mol. The molecule has 0 bridgehead atoms. The Hall–Kier alpha value is -2.62. The van der Waals surface area contributed by atoms with Crippen LogP contribution in [0.2, 0.25) is 0 Å². The van der Waals surface area contributed by atoms with Crippen LogP contribution in [0.3, 0.4) is 0 Å². The van der Waals surface area contributed by atoms with Gasteiger partial charge < -0.3 is 10.6 Å². The Kier molecular flexibility index (Phi) is 6.13. The predicted octanol–water partition coefficient (Wildman–Crippen LogP) is 3.77. The molecule has 2 N–H and O–H groups in total. The number of carbonyl (C=O) groups excluding carboxylic acids is 2. The molecule has 126 valence electrons. The summed E-state index contributed by atoms with van der Waals surface area (Å²) in [5, 5.41) is 5.75. The second-order valence-electron chi connectivity index (χ2n) is 6.07. The fraction of sp³-hybridized carbons (Fsp3) is 0.300. The first kappa shape index (κ1) is 17.7. The lowest BCUT2D eigenvalue weighted by atomic mass is 10.1. The summed E-state index contributed by atoms with van der Waals surface area (Å²) < 4.78 is 0. The molecule has 0 heterocycles. The summed E-state index contributed by atoms with van der Waals surface area (Å²) in [7, 11) is 0. The molecule has 0 spiro atoms. The molecule has 0 unspecified atom stereocenters. The van der Waals surface area contributed by atoms with Crippen LogP contribution in [0.15, 0.2) is 48.5 Å². The quantitative estimate of drug-likeness (QED) is 0.849. The van der Waals surface area contributed by atoms with Gasteiger partial charge in [0.1, 0.15) is 0 Å². The molecule has 2 rings (SSSR count). The summed E-state index contributed by atoms with van der Waals surface area (Å²) in [6, 6.07) is 15.1. The minimum absolute atomic E-state index is 0.00780. The third-order valence-corrected chi connectivity index (χ3v) is 3.82. The van der Waals surface area contributed by atoms with Crippen LogP contribution in [-0.4, -0.2) is 11.8 Å². The van der Waals surface area contributed by atoms with E-state index < -0.39 is 0 Å². The van der Waals surface area contributed by atoms with Gasteiger partial charge in [0.15, 0.2) is 0 Å². The lowest BCUT2D eigenvalue weighted by Crippen LogP contribution is -2.22. The van der Waals surface area contributed by atoms with Gasteiger partial charge in [-0.05, 0) is 41.8 Å². The Labute approximate surface area is 143 Å². The summed E-state index contributed by atoms with van der Waals surface area (Å²) in [4.78, 5) is 23.8. The van der Waals surface area contributed by atoms with E-state index in [-0.39, 0.29) is 17.7 Å². The molecule has 4 nitrogen and oxygen atoms in total. The lowest BCUT2D eigenvalue weighted by Gasteiger charge is -2.09. The van der Waals surface area contributed by atoms with E-state index in [0.717, 1.165) is 17.7 Å². The first-order valence-corrected chi connectivity index (χ1v) is 8.26. The lowest BCUT2D eigenvalue weighted by molar-refractivity contribution is -0.118. The van der Waals surface area contributed by atoms with Gasteiger partial charge in [0.25, 0.3) is 5.91 Å². The zero-order valence-electron chi connectivity index (χ0n) is 14.4. The minimum atomic E-state index is -0.0881. The van der Waals surface area contributed by atoms with Crippen LogP contribution in [0.1, 0.15) is 42.3 Å². The number of hydrogen-bond acceptors (Lipinski definition) is 2. The van der Waals surface area contributed by atoms with Gasteiger partial charge in [-0.1, -0.05) is 45.0 Å². The molecule has 0 saturated carbocycles. The normalized spacial score (nSPS) is 10.5. The second kappa shape index (κ2) is 8.29. The third kappa shape index (κ3) is 4.95. The van der Waals surface area contributed by atoms with Crippen molar-refractivity contribution in [2.24, 2.45) is 5.92 Å². The van der Waals surface area contributed by atoms with Crippen molar-refractivity contribution in [3.05, 3.63) is 65.2 Å². The van der Waals surface area contributed by atoms with Crippen LogP contribution in [0.25, 0.3) is 0 Å². The Bertz CT molecular complexity index is 689. The number of anilines is 1. The maximum Gasteiger partial charge on any atom is 0.251 e. The highest BCUT2D eigenvalue weighted by atomic mass is 16.2. The Morgan fingerprint density at radius 3 is 2.04 bits per heavy atom. The zero-order chi connectivity index (χ0) is 17.5. The summed E-state index contributed by atoms with van der Waals surface area (Å²) in [5.41, 5.74) is 3.62. The number of amides is 2. The van der Waals surface area contributed by atoms with Crippen LogP contribution >= 0.6 is 0 Å². The van der Waals surface area contributed by atoms with Gasteiger partial charge in [-0.2, -0.15) is 0 Å². The molecule has 2 aromatic rings. The fourth-order valence-corrected chi connectivity index (χ4v) is 2.17. The highest BCUT2D eigenvalue weighted by Crippen LogP contribution is 2.11. The Morgan fingerprint density at radius 2 is 1.50 bits per heavy atom. The van der Waals surface area contributed by atoms with Crippen LogP contribution in [-0.2, 0) is 17.8 Å². The van der Waals surface area contributed by atoms with Gasteiger partial charge in [0, 0.05) is 23.7 Å². The van der Waals surface area contributed by atoms with Crippen molar-refractivity contribution in [2.45, 2.75) is 33.7 Å². The number of benzene rings is 2. The standard InChI is InChI=1S/C20H24N2O2/c1-4-15-5-9-17(10-6-15)20(24)21-13-16-7-11-18(12-8-16)22-19(23)14(2)3/h5-12,14H,4,13H2,1-3H3,(H,21,24)(H,22,23). The minimum Gasteiger partial charge on any atom is -0.348 e. The molecule has 0 aliphatic carbocycles. The van der Waals surface area contributed by atoms with Crippen LogP contribution in [0.4, 0.5) is 5.69 Å². The van der Waals surface area contributed by atoms with Crippen molar-refractivity contribution < 1.29 is 9.59 Å². The second-order valence-corrected chi connectivity index (χ2v) is 6.07. The van der Waals surface area contributed by atoms with Crippen molar-refractivity contribution in [1.82, 2.24) is 5.32 Å². The molecule has 0 aliphatic heterocycles. The number of rotatable bonds is 6. The third-order valence-electron chi connectivity index (χ3n) is 3.82. The average Bonchev–Trinajstić information content (AvgIpc) is 2.60. The molecule has 0 atom stereocenters. The van der Waals surface area contributed by atoms with Gasteiger partial charge in [-0.25, -0.2) is 0 Å². The summed E-state index contributed by atoms with van der Waals surface area (Å²) in [6.45, 7) is 6.24. The fourth-order valence-electron chi connectivity index (χ4n) is 2.17. The van der Waals surface area contributed by atoms with E-state index in [1.165, 1.54) is 5.56 Å². The van der Waals surface area contributed by atoms with Crippen molar-refractivity contribution in [3.63, 3.8) is 0 Å². The molecule has 2 aromatic carbocycles. The Morgan fingerprint density at radius 1 is 0.917 bits per heavy atom. The smallest absolute Gasteiger partial charge is 0.251 e. The van der Waals surface area contributed by atoms with Gasteiger partial charge in [0.05, 0.1) is 0 Å². The van der Waals surface area contributed by atoms with E-state index in [0.29, 0.717) is 12.1 Å². The van der Waals surface area contributed by atoms with Gasteiger partial charge in [-0.3, -0.25) is 9.59 Å². The number of carbonyl (C=O) groups is 2. The monoisotopic (exact) mass is 324 g/mol. The van der Waals surface area contributed by atoms with Gasteiger partial charge in [-0.15, -0.1) is 0 Å². The molecule has 0 aliphatic rings. The van der Waals surface area contributed by atoms with Crippen LogP contribution < -0.4 is 10.6 Å². The largest absolute Gasteiger partial charge is 0.348 e. The van der Waals surface area contributed by atoms with E-state index in [4.69, 9.17) is 0 Å². The van der Waals surface area contributed by atoms with Crippen molar-refractivity contribution in [2.75, 3.05) is 5.32 Å². The average molecular weight is 324 g/mol. The van der Waals surface area contributed by atoms with Crippen LogP contribution in [0.5, 0.6) is 0 Å². The molecule has 4 heteroatoms. The van der Waals surface area contributed by atoms with Gasteiger partial charge >= 0.3 is 0 Å². The van der Waals surface area contributed by atoms with E-state index in [9.17, 15) is 9.59 Å². The topological polar surface area (TPSA) is 58.2 Å². The molecule has 0 radical (unpaired) electrons. The highest BCUT2D eigenvalue weighted by molar-refractivity contribution is 5.94. The van der Waals surface area contributed by atoms with E-state index in [2.05, 4.69) is 17.6 Å². The first-order valence-electron chi connectivity index (χ1n) is 8.26. The first-order chi connectivity index (χ1) is 11.5. The maximum atomic E-state index is 12.1. The van der Waals surface area contributed by atoms with E-state index in [1.54, 1.807) is 0 Å². The molecule has 0 saturated heterocycles. The highest BCUT2D eigenvalue weighted by Gasteiger charge is 2.07. The summed E-state index contributed by atoms with van der Waals surface area (Å²) in [5.74, 6) is -0.149. The molecular formula is C20H24N2O2. The number of hydrogen-bond donors (Lipinski definition) is 2. The Balaban J connectivity index is 1.89. The molecule has 0 fully saturated rings. The number of aryl methyl sites for hydroxylation is 1. The molecule has 24 heavy (non-hydrogen) atoms. The van der Waals surface area contributed by atoms with Crippen LogP contribution in [0, 0.1) is 5.92 Å². The van der Waals surface area contributed by atoms with E-state index >= 15 is 0 Å². The SMILES string of the molecule is CCc1ccc(C(=O)NCc2ccc(NC(=O)C(C)C)cc2)cc1. The predicted molar refractivity (Wildman–Crippen MR) is 96.9 cm³/mol. The van der Waals surface area contributed by atoms with E-state index in [1.807, 2.05) is 62.4 Å². The van der Waals surface area contributed by atoms with Crippen molar-refractivity contribution in [1.29, 1.82) is 0 Å². The maximum absolute atomic E-state index is 12.1. The summed E-state index contributed by atoms with van der Waals surface area (Å²) in [6.07, 6.45) is 0.960. The zero-order valence-corrected chi connectivity index (χ0v) is 14.4. The van der Waals surface area contributed by atoms with Crippen molar-refractivity contribution >= 4 is 17.5 Å². The molecule has 0 aromatic heterocycles. The number of nitrogens with one attached hydrogen (secondary N) is 2. The molecule has 2 amide bonds.